The molecule has 2 N–H and O–H groups in total. The minimum absolute atomic E-state index is 0.260. The maximum absolute atomic E-state index is 13.3. The Kier molecular flexibility index (Phi) is 3.60. The molecule has 1 aliphatic heterocycles. The van der Waals surface area contributed by atoms with Crippen molar-refractivity contribution >= 4 is 5.95 Å². The molecule has 1 saturated heterocycles. The van der Waals surface area contributed by atoms with E-state index in [4.69, 9.17) is 5.73 Å². The molecule has 0 aliphatic carbocycles. The Balaban J connectivity index is 1.93. The molecule has 1 atom stereocenters. The molecule has 1 aromatic carbocycles. The van der Waals surface area contributed by atoms with Crippen molar-refractivity contribution in [3.8, 4) is 11.3 Å². The van der Waals surface area contributed by atoms with Crippen molar-refractivity contribution in [2.24, 2.45) is 5.73 Å². The van der Waals surface area contributed by atoms with E-state index in [1.807, 2.05) is 6.07 Å². The van der Waals surface area contributed by atoms with E-state index in [0.717, 1.165) is 30.6 Å². The molecule has 1 aromatic heterocycles. The van der Waals surface area contributed by atoms with Crippen molar-refractivity contribution in [3.63, 3.8) is 0 Å². The maximum atomic E-state index is 13.3. The van der Waals surface area contributed by atoms with Gasteiger partial charge in [0.2, 0.25) is 5.95 Å². The minimum atomic E-state index is -0.260. The Morgan fingerprint density at radius 3 is 3.05 bits per heavy atom. The van der Waals surface area contributed by atoms with Crippen LogP contribution >= 0.6 is 0 Å². The Hall–Kier alpha value is -2.01. The second-order valence-electron chi connectivity index (χ2n) is 4.98. The van der Waals surface area contributed by atoms with E-state index in [2.05, 4.69) is 14.9 Å². The molecule has 20 heavy (non-hydrogen) atoms. The van der Waals surface area contributed by atoms with Crippen molar-refractivity contribution in [1.29, 1.82) is 0 Å². The monoisotopic (exact) mass is 272 g/mol. The van der Waals surface area contributed by atoms with Gasteiger partial charge >= 0.3 is 0 Å². The predicted molar refractivity (Wildman–Crippen MR) is 76.8 cm³/mol. The number of halogens is 1. The molecule has 1 aliphatic rings. The van der Waals surface area contributed by atoms with E-state index in [-0.39, 0.29) is 5.82 Å². The van der Waals surface area contributed by atoms with E-state index >= 15 is 0 Å². The summed E-state index contributed by atoms with van der Waals surface area (Å²) >= 11 is 0. The zero-order valence-electron chi connectivity index (χ0n) is 11.2. The third kappa shape index (κ3) is 2.49. The largest absolute Gasteiger partial charge is 0.337 e. The highest BCUT2D eigenvalue weighted by atomic mass is 19.1. The number of rotatable bonds is 3. The zero-order chi connectivity index (χ0) is 13.9. The van der Waals surface area contributed by atoms with E-state index in [0.29, 0.717) is 18.5 Å². The van der Waals surface area contributed by atoms with E-state index in [1.165, 1.54) is 12.1 Å². The Bertz CT molecular complexity index is 602. The second kappa shape index (κ2) is 5.54. The summed E-state index contributed by atoms with van der Waals surface area (Å²) in [7, 11) is 0. The van der Waals surface area contributed by atoms with Gasteiger partial charge in [0, 0.05) is 30.9 Å². The van der Waals surface area contributed by atoms with Crippen LogP contribution in [0.1, 0.15) is 12.8 Å². The maximum Gasteiger partial charge on any atom is 0.226 e. The van der Waals surface area contributed by atoms with E-state index < -0.39 is 0 Å². The van der Waals surface area contributed by atoms with Crippen molar-refractivity contribution < 1.29 is 4.39 Å². The van der Waals surface area contributed by atoms with Crippen molar-refractivity contribution in [2.75, 3.05) is 18.0 Å². The summed E-state index contributed by atoms with van der Waals surface area (Å²) in [5.74, 6) is 0.420. The SMILES string of the molecule is NCC1CCCN1c1nccc(-c2cccc(F)c2)n1. The Morgan fingerprint density at radius 1 is 1.35 bits per heavy atom. The smallest absolute Gasteiger partial charge is 0.226 e. The van der Waals surface area contributed by atoms with Gasteiger partial charge in [-0.3, -0.25) is 0 Å². The molecule has 0 bridgehead atoms. The first-order chi connectivity index (χ1) is 9.78. The van der Waals surface area contributed by atoms with Crippen LogP contribution in [0.4, 0.5) is 10.3 Å². The predicted octanol–water partition coefficient (Wildman–Crippen LogP) is 2.21. The molecule has 3 rings (SSSR count). The summed E-state index contributed by atoms with van der Waals surface area (Å²) in [6.07, 6.45) is 3.90. The van der Waals surface area contributed by atoms with E-state index in [1.54, 1.807) is 18.3 Å². The lowest BCUT2D eigenvalue weighted by Crippen LogP contribution is -2.36. The Morgan fingerprint density at radius 2 is 2.25 bits per heavy atom. The highest BCUT2D eigenvalue weighted by Gasteiger charge is 2.25. The average Bonchev–Trinajstić information content (AvgIpc) is 2.96. The molecule has 1 unspecified atom stereocenters. The van der Waals surface area contributed by atoms with Crippen molar-refractivity contribution in [3.05, 3.63) is 42.3 Å². The summed E-state index contributed by atoms with van der Waals surface area (Å²) in [4.78, 5) is 11.0. The summed E-state index contributed by atoms with van der Waals surface area (Å²) < 4.78 is 13.3. The number of hydrogen-bond acceptors (Lipinski definition) is 4. The van der Waals surface area contributed by atoms with Crippen LogP contribution < -0.4 is 10.6 Å². The summed E-state index contributed by atoms with van der Waals surface area (Å²) in [5, 5.41) is 0. The number of benzene rings is 1. The lowest BCUT2D eigenvalue weighted by molar-refractivity contribution is 0.628. The quantitative estimate of drug-likeness (QED) is 0.930. The third-order valence-electron chi connectivity index (χ3n) is 3.67. The number of nitrogens with two attached hydrogens (primary N) is 1. The molecule has 0 saturated carbocycles. The van der Waals surface area contributed by atoms with Crippen LogP contribution in [0.25, 0.3) is 11.3 Å². The number of aromatic nitrogens is 2. The van der Waals surface area contributed by atoms with Crippen LogP contribution in [0.15, 0.2) is 36.5 Å². The van der Waals surface area contributed by atoms with Gasteiger partial charge in [-0.25, -0.2) is 14.4 Å². The Labute approximate surface area is 117 Å². The van der Waals surface area contributed by atoms with Gasteiger partial charge in [0.25, 0.3) is 0 Å². The van der Waals surface area contributed by atoms with Crippen LogP contribution in [-0.2, 0) is 0 Å². The number of hydrogen-bond donors (Lipinski definition) is 1. The van der Waals surface area contributed by atoms with Gasteiger partial charge in [0.1, 0.15) is 5.82 Å². The molecule has 0 spiro atoms. The molecule has 4 nitrogen and oxygen atoms in total. The van der Waals surface area contributed by atoms with Crippen LogP contribution in [-0.4, -0.2) is 29.1 Å². The second-order valence-corrected chi connectivity index (χ2v) is 4.98. The molecular weight excluding hydrogens is 255 g/mol. The summed E-state index contributed by atoms with van der Waals surface area (Å²) in [6.45, 7) is 1.53. The van der Waals surface area contributed by atoms with Gasteiger partial charge in [-0.15, -0.1) is 0 Å². The van der Waals surface area contributed by atoms with Gasteiger partial charge < -0.3 is 10.6 Å². The lowest BCUT2D eigenvalue weighted by atomic mass is 10.1. The molecular formula is C15H17FN4. The molecule has 0 radical (unpaired) electrons. The molecule has 5 heteroatoms. The van der Waals surface area contributed by atoms with Crippen molar-refractivity contribution in [1.82, 2.24) is 9.97 Å². The molecule has 1 fully saturated rings. The van der Waals surface area contributed by atoms with Crippen LogP contribution in [0.3, 0.4) is 0 Å². The number of nitrogens with zero attached hydrogens (tertiary/aromatic N) is 3. The fraction of sp³-hybridized carbons (Fsp3) is 0.333. The lowest BCUT2D eigenvalue weighted by Gasteiger charge is -2.23. The summed E-state index contributed by atoms with van der Waals surface area (Å²) in [6, 6.07) is 8.54. The summed E-state index contributed by atoms with van der Waals surface area (Å²) in [5.41, 5.74) is 7.28. The highest BCUT2D eigenvalue weighted by molar-refractivity contribution is 5.60. The standard InChI is InChI=1S/C15H17FN4/c16-12-4-1-3-11(9-12)14-6-7-18-15(19-14)20-8-2-5-13(20)10-17/h1,3-4,6-7,9,13H,2,5,8,10,17H2. The topological polar surface area (TPSA) is 55.0 Å². The van der Waals surface area contributed by atoms with E-state index in [9.17, 15) is 4.39 Å². The first-order valence-corrected chi connectivity index (χ1v) is 6.83. The average molecular weight is 272 g/mol. The fourth-order valence-corrected chi connectivity index (χ4v) is 2.64. The number of anilines is 1. The normalized spacial score (nSPS) is 18.5. The van der Waals surface area contributed by atoms with Crippen LogP contribution in [0, 0.1) is 5.82 Å². The zero-order valence-corrected chi connectivity index (χ0v) is 11.2. The van der Waals surface area contributed by atoms with Gasteiger partial charge in [0.15, 0.2) is 0 Å². The molecule has 2 heterocycles. The fourth-order valence-electron chi connectivity index (χ4n) is 2.64. The van der Waals surface area contributed by atoms with Gasteiger partial charge in [-0.2, -0.15) is 0 Å². The molecule has 2 aromatic rings. The first kappa shape index (κ1) is 13.0. The highest BCUT2D eigenvalue weighted by Crippen LogP contribution is 2.24. The van der Waals surface area contributed by atoms with Gasteiger partial charge in [-0.05, 0) is 31.0 Å². The van der Waals surface area contributed by atoms with Crippen LogP contribution in [0.2, 0.25) is 0 Å². The molecule has 0 amide bonds. The van der Waals surface area contributed by atoms with Crippen LogP contribution in [0.5, 0.6) is 0 Å². The molecule has 104 valence electrons. The third-order valence-corrected chi connectivity index (χ3v) is 3.67. The van der Waals surface area contributed by atoms with Gasteiger partial charge in [0.05, 0.1) is 5.69 Å². The van der Waals surface area contributed by atoms with Crippen molar-refractivity contribution in [2.45, 2.75) is 18.9 Å². The minimum Gasteiger partial charge on any atom is -0.337 e. The first-order valence-electron chi connectivity index (χ1n) is 6.83. The van der Waals surface area contributed by atoms with Gasteiger partial charge in [-0.1, -0.05) is 12.1 Å².